The fourth-order valence-electron chi connectivity index (χ4n) is 2.08. The molecule has 1 aromatic rings. The molecular formula is C13H12ClFN2O3. The average molecular weight is 299 g/mol. The zero-order valence-electron chi connectivity index (χ0n) is 10.8. The van der Waals surface area contributed by atoms with E-state index in [0.717, 1.165) is 0 Å². The molecule has 0 spiro atoms. The molecule has 1 aromatic carbocycles. The van der Waals surface area contributed by atoms with Crippen molar-refractivity contribution in [2.24, 2.45) is 0 Å². The number of halogens is 2. The van der Waals surface area contributed by atoms with E-state index in [2.05, 4.69) is 15.4 Å². The Hall–Kier alpha value is -2.08. The number of allylic oxidation sites excluding steroid dienone is 1. The van der Waals surface area contributed by atoms with Crippen LogP contribution in [0.25, 0.3) is 0 Å². The third-order valence-electron chi connectivity index (χ3n) is 2.96. The Morgan fingerprint density at radius 3 is 2.75 bits per heavy atom. The SMILES string of the molecule is COC(=O)C1=C(C)NC(=O)N[C@H]1c1c(F)cccc1Cl. The summed E-state index contributed by atoms with van der Waals surface area (Å²) in [5.74, 6) is -1.28. The lowest BCUT2D eigenvalue weighted by molar-refractivity contribution is -0.136. The third kappa shape index (κ3) is 2.46. The summed E-state index contributed by atoms with van der Waals surface area (Å²) in [6.45, 7) is 1.53. The smallest absolute Gasteiger partial charge is 0.337 e. The Morgan fingerprint density at radius 2 is 2.15 bits per heavy atom. The molecule has 1 aliphatic heterocycles. The molecule has 0 saturated heterocycles. The van der Waals surface area contributed by atoms with Crippen LogP contribution >= 0.6 is 11.6 Å². The van der Waals surface area contributed by atoms with Crippen LogP contribution in [0.4, 0.5) is 9.18 Å². The highest BCUT2D eigenvalue weighted by Gasteiger charge is 2.34. The topological polar surface area (TPSA) is 67.4 Å². The number of esters is 1. The normalized spacial score (nSPS) is 18.4. The van der Waals surface area contributed by atoms with Gasteiger partial charge in [0.05, 0.1) is 18.7 Å². The van der Waals surface area contributed by atoms with Gasteiger partial charge in [-0.3, -0.25) is 0 Å². The van der Waals surface area contributed by atoms with Gasteiger partial charge in [-0.2, -0.15) is 0 Å². The van der Waals surface area contributed by atoms with Gasteiger partial charge in [0, 0.05) is 16.3 Å². The number of amides is 2. The number of ether oxygens (including phenoxy) is 1. The molecule has 5 nitrogen and oxygen atoms in total. The Kier molecular flexibility index (Phi) is 3.94. The molecule has 0 radical (unpaired) electrons. The van der Waals surface area contributed by atoms with Crippen molar-refractivity contribution in [3.8, 4) is 0 Å². The quantitative estimate of drug-likeness (QED) is 0.823. The van der Waals surface area contributed by atoms with Crippen molar-refractivity contribution < 1.29 is 18.7 Å². The molecule has 1 atom stereocenters. The summed E-state index contributed by atoms with van der Waals surface area (Å²) in [5.41, 5.74) is 0.438. The van der Waals surface area contributed by atoms with Crippen molar-refractivity contribution in [3.63, 3.8) is 0 Å². The molecule has 2 N–H and O–H groups in total. The molecule has 106 valence electrons. The van der Waals surface area contributed by atoms with Gasteiger partial charge in [-0.15, -0.1) is 0 Å². The number of benzene rings is 1. The minimum atomic E-state index is -0.995. The number of nitrogens with one attached hydrogen (secondary N) is 2. The van der Waals surface area contributed by atoms with Gasteiger partial charge < -0.3 is 15.4 Å². The second-order valence-electron chi connectivity index (χ2n) is 4.20. The van der Waals surface area contributed by atoms with Gasteiger partial charge in [0.2, 0.25) is 0 Å². The van der Waals surface area contributed by atoms with E-state index in [0.29, 0.717) is 5.70 Å². The van der Waals surface area contributed by atoms with E-state index in [1.807, 2.05) is 0 Å². The standard InChI is InChI=1S/C13H12ClFN2O3/c1-6-9(12(18)20-2)11(17-13(19)16-6)10-7(14)4-3-5-8(10)15/h3-5,11H,1-2H3,(H2,16,17,19)/t11-/m1/s1. The van der Waals surface area contributed by atoms with Gasteiger partial charge in [0.1, 0.15) is 5.82 Å². The maximum Gasteiger partial charge on any atom is 0.337 e. The Labute approximate surface area is 119 Å². The third-order valence-corrected chi connectivity index (χ3v) is 3.29. The molecule has 7 heteroatoms. The lowest BCUT2D eigenvalue weighted by Gasteiger charge is -2.28. The first-order valence-corrected chi connectivity index (χ1v) is 6.14. The molecule has 1 aliphatic rings. The van der Waals surface area contributed by atoms with E-state index >= 15 is 0 Å². The van der Waals surface area contributed by atoms with Gasteiger partial charge in [-0.25, -0.2) is 14.0 Å². The van der Waals surface area contributed by atoms with Crippen LogP contribution in [-0.4, -0.2) is 19.1 Å². The monoisotopic (exact) mass is 298 g/mol. The summed E-state index contributed by atoms with van der Waals surface area (Å²) >= 11 is 5.99. The molecule has 0 bridgehead atoms. The summed E-state index contributed by atoms with van der Waals surface area (Å²) in [6.07, 6.45) is 0. The number of hydrogen-bond donors (Lipinski definition) is 2. The lowest BCUT2D eigenvalue weighted by atomic mass is 9.95. The van der Waals surface area contributed by atoms with Crippen molar-refractivity contribution >= 4 is 23.6 Å². The molecule has 0 unspecified atom stereocenters. The van der Waals surface area contributed by atoms with Gasteiger partial charge in [0.25, 0.3) is 0 Å². The van der Waals surface area contributed by atoms with Crippen LogP contribution in [0.3, 0.4) is 0 Å². The molecule has 0 aliphatic carbocycles. The van der Waals surface area contributed by atoms with Gasteiger partial charge in [-0.05, 0) is 19.1 Å². The summed E-state index contributed by atoms with van der Waals surface area (Å²) < 4.78 is 18.7. The van der Waals surface area contributed by atoms with Gasteiger partial charge in [0.15, 0.2) is 0 Å². The van der Waals surface area contributed by atoms with Crippen molar-refractivity contribution in [1.29, 1.82) is 0 Å². The Morgan fingerprint density at radius 1 is 1.45 bits per heavy atom. The maximum atomic E-state index is 14.0. The van der Waals surface area contributed by atoms with Crippen LogP contribution in [0.15, 0.2) is 29.5 Å². The van der Waals surface area contributed by atoms with E-state index < -0.39 is 23.9 Å². The van der Waals surface area contributed by atoms with Gasteiger partial charge in [-0.1, -0.05) is 17.7 Å². The van der Waals surface area contributed by atoms with Crippen LogP contribution in [-0.2, 0) is 9.53 Å². The van der Waals surface area contributed by atoms with Crippen LogP contribution in [0, 0.1) is 5.82 Å². The number of carbonyl (C=O) groups excluding carboxylic acids is 2. The van der Waals surface area contributed by atoms with Crippen LogP contribution in [0.5, 0.6) is 0 Å². The first-order chi connectivity index (χ1) is 9.45. The summed E-state index contributed by atoms with van der Waals surface area (Å²) in [4.78, 5) is 23.4. The average Bonchev–Trinajstić information content (AvgIpc) is 2.37. The predicted octanol–water partition coefficient (Wildman–Crippen LogP) is 2.28. The minimum absolute atomic E-state index is 0.0313. The van der Waals surface area contributed by atoms with E-state index in [9.17, 15) is 14.0 Å². The fraction of sp³-hybridized carbons (Fsp3) is 0.231. The summed E-state index contributed by atoms with van der Waals surface area (Å²) in [5, 5.41) is 5.04. The number of carbonyl (C=O) groups is 2. The highest BCUT2D eigenvalue weighted by molar-refractivity contribution is 6.31. The molecule has 2 amide bonds. The molecule has 2 rings (SSSR count). The highest BCUT2D eigenvalue weighted by atomic mass is 35.5. The van der Waals surface area contributed by atoms with Crippen LogP contribution < -0.4 is 10.6 Å². The Balaban J connectivity index is 2.60. The minimum Gasteiger partial charge on any atom is -0.466 e. The second-order valence-corrected chi connectivity index (χ2v) is 4.60. The number of urea groups is 1. The zero-order valence-corrected chi connectivity index (χ0v) is 11.5. The second kappa shape index (κ2) is 5.50. The molecule has 0 aromatic heterocycles. The van der Waals surface area contributed by atoms with Gasteiger partial charge >= 0.3 is 12.0 Å². The first-order valence-electron chi connectivity index (χ1n) is 5.76. The fourth-order valence-corrected chi connectivity index (χ4v) is 2.35. The Bertz CT molecular complexity index is 595. The van der Waals surface area contributed by atoms with Crippen molar-refractivity contribution in [3.05, 3.63) is 45.9 Å². The molecule has 0 fully saturated rings. The predicted molar refractivity (Wildman–Crippen MR) is 70.5 cm³/mol. The van der Waals surface area contributed by atoms with E-state index in [4.69, 9.17) is 11.6 Å². The summed E-state index contributed by atoms with van der Waals surface area (Å²) in [6, 6.07) is 2.60. The van der Waals surface area contributed by atoms with E-state index in [1.165, 1.54) is 32.2 Å². The summed E-state index contributed by atoms with van der Waals surface area (Å²) in [7, 11) is 1.21. The van der Waals surface area contributed by atoms with Crippen molar-refractivity contribution in [1.82, 2.24) is 10.6 Å². The lowest BCUT2D eigenvalue weighted by Crippen LogP contribution is -2.45. The van der Waals surface area contributed by atoms with Crippen LogP contribution in [0.1, 0.15) is 18.5 Å². The zero-order chi connectivity index (χ0) is 14.9. The number of rotatable bonds is 2. The van der Waals surface area contributed by atoms with Crippen molar-refractivity contribution in [2.75, 3.05) is 7.11 Å². The first kappa shape index (κ1) is 14.3. The molecular weight excluding hydrogens is 287 g/mol. The number of hydrogen-bond acceptors (Lipinski definition) is 3. The molecule has 20 heavy (non-hydrogen) atoms. The highest BCUT2D eigenvalue weighted by Crippen LogP contribution is 2.33. The molecule has 1 heterocycles. The molecule has 0 saturated carbocycles. The largest absolute Gasteiger partial charge is 0.466 e. The van der Waals surface area contributed by atoms with Crippen LogP contribution in [0.2, 0.25) is 5.02 Å². The van der Waals surface area contributed by atoms with Crippen molar-refractivity contribution in [2.45, 2.75) is 13.0 Å². The number of methoxy groups -OCH3 is 1. The van der Waals surface area contributed by atoms with E-state index in [-0.39, 0.29) is 16.2 Å². The van der Waals surface area contributed by atoms with E-state index in [1.54, 1.807) is 0 Å². The maximum absolute atomic E-state index is 14.0.